The van der Waals surface area contributed by atoms with E-state index in [0.29, 0.717) is 5.92 Å². The molecular formula is C18H15BrO. The molecule has 0 fully saturated rings. The molecule has 1 unspecified atom stereocenters. The quantitative estimate of drug-likeness (QED) is 0.665. The molecule has 2 aliphatic rings. The molecule has 4 rings (SSSR count). The Morgan fingerprint density at radius 1 is 0.950 bits per heavy atom. The lowest BCUT2D eigenvalue weighted by Crippen LogP contribution is -2.19. The number of halogens is 1. The summed E-state index contributed by atoms with van der Waals surface area (Å²) in [6.45, 7) is 0. The van der Waals surface area contributed by atoms with E-state index in [9.17, 15) is 0 Å². The fraction of sp³-hybridized carbons (Fsp3) is 0.222. The molecule has 100 valence electrons. The van der Waals surface area contributed by atoms with E-state index >= 15 is 0 Å². The summed E-state index contributed by atoms with van der Waals surface area (Å²) in [7, 11) is 0. The van der Waals surface area contributed by atoms with Crippen molar-refractivity contribution in [3.8, 4) is 5.75 Å². The Balaban J connectivity index is 1.85. The number of hydrogen-bond acceptors (Lipinski definition) is 1. The molecule has 2 heteroatoms. The van der Waals surface area contributed by atoms with Crippen LogP contribution in [-0.4, -0.2) is 0 Å². The summed E-state index contributed by atoms with van der Waals surface area (Å²) in [5.41, 5.74) is 4.02. The Morgan fingerprint density at radius 3 is 2.60 bits per heavy atom. The van der Waals surface area contributed by atoms with Crippen LogP contribution in [0, 0.1) is 5.92 Å². The van der Waals surface area contributed by atoms with Crippen molar-refractivity contribution in [1.82, 2.24) is 0 Å². The average Bonchev–Trinajstić information content (AvgIpc) is 2.64. The van der Waals surface area contributed by atoms with Crippen LogP contribution >= 0.6 is 15.9 Å². The van der Waals surface area contributed by atoms with Gasteiger partial charge in [-0.1, -0.05) is 42.5 Å². The minimum atomic E-state index is 0.478. The summed E-state index contributed by atoms with van der Waals surface area (Å²) in [5, 5.41) is 0. The molecule has 0 saturated carbocycles. The Hall–Kier alpha value is -1.54. The molecule has 0 bridgehead atoms. The Kier molecular flexibility index (Phi) is 2.92. The number of hydrogen-bond donors (Lipinski definition) is 0. The molecule has 1 atom stereocenters. The highest BCUT2D eigenvalue weighted by atomic mass is 79.9. The number of para-hydroxylation sites is 1. The molecule has 0 radical (unpaired) electrons. The summed E-state index contributed by atoms with van der Waals surface area (Å²) in [6, 6.07) is 17.0. The maximum Gasteiger partial charge on any atom is 0.130 e. The van der Waals surface area contributed by atoms with E-state index in [4.69, 9.17) is 4.74 Å². The van der Waals surface area contributed by atoms with Gasteiger partial charge in [0.15, 0.2) is 0 Å². The first-order valence-corrected chi connectivity index (χ1v) is 7.86. The summed E-state index contributed by atoms with van der Waals surface area (Å²) >= 11 is 3.79. The fourth-order valence-corrected chi connectivity index (χ4v) is 4.00. The van der Waals surface area contributed by atoms with Crippen LogP contribution in [0.1, 0.15) is 23.1 Å². The van der Waals surface area contributed by atoms with E-state index in [1.165, 1.54) is 16.7 Å². The largest absolute Gasteiger partial charge is 0.460 e. The fourth-order valence-electron chi connectivity index (χ4n) is 3.20. The first-order valence-electron chi connectivity index (χ1n) is 7.06. The number of benzene rings is 2. The first-order chi connectivity index (χ1) is 9.83. The molecule has 0 saturated heterocycles. The smallest absolute Gasteiger partial charge is 0.130 e. The zero-order chi connectivity index (χ0) is 13.5. The number of allylic oxidation sites excluding steroid dienone is 1. The number of ether oxygens (including phenoxy) is 1. The Morgan fingerprint density at radius 2 is 1.70 bits per heavy atom. The van der Waals surface area contributed by atoms with Gasteiger partial charge in [0.2, 0.25) is 0 Å². The van der Waals surface area contributed by atoms with Gasteiger partial charge in [-0.2, -0.15) is 0 Å². The van der Waals surface area contributed by atoms with Crippen LogP contribution < -0.4 is 4.74 Å². The van der Waals surface area contributed by atoms with Crippen molar-refractivity contribution < 1.29 is 4.74 Å². The third-order valence-corrected chi connectivity index (χ3v) is 5.08. The SMILES string of the molecule is BrC1=C2Oc3ccccc3CC2CCc2ccccc21. The van der Waals surface area contributed by atoms with Crippen LogP contribution in [0.25, 0.3) is 4.48 Å². The molecule has 1 heterocycles. The lowest BCUT2D eigenvalue weighted by molar-refractivity contribution is 0.310. The van der Waals surface area contributed by atoms with Gasteiger partial charge in [-0.3, -0.25) is 0 Å². The predicted molar refractivity (Wildman–Crippen MR) is 84.9 cm³/mol. The Bertz CT molecular complexity index is 702. The zero-order valence-electron chi connectivity index (χ0n) is 11.1. The second kappa shape index (κ2) is 4.78. The molecule has 1 aliphatic heterocycles. The number of fused-ring (bicyclic) bond motifs is 3. The normalized spacial score (nSPS) is 20.4. The molecule has 1 nitrogen and oxygen atoms in total. The van der Waals surface area contributed by atoms with E-state index in [0.717, 1.165) is 35.3 Å². The first kappa shape index (κ1) is 12.2. The second-order valence-electron chi connectivity index (χ2n) is 5.48. The predicted octanol–water partition coefficient (Wildman–Crippen LogP) is 4.95. The van der Waals surface area contributed by atoms with Gasteiger partial charge in [0.1, 0.15) is 11.5 Å². The van der Waals surface area contributed by atoms with Crippen molar-refractivity contribution in [2.45, 2.75) is 19.3 Å². The summed E-state index contributed by atoms with van der Waals surface area (Å²) in [4.78, 5) is 0. The summed E-state index contributed by atoms with van der Waals surface area (Å²) in [5.74, 6) is 2.59. The highest BCUT2D eigenvalue weighted by Gasteiger charge is 2.30. The van der Waals surface area contributed by atoms with E-state index in [1.54, 1.807) is 0 Å². The molecule has 0 aromatic heterocycles. The molecule has 20 heavy (non-hydrogen) atoms. The van der Waals surface area contributed by atoms with Gasteiger partial charge >= 0.3 is 0 Å². The van der Waals surface area contributed by atoms with Gasteiger partial charge in [-0.05, 0) is 57.9 Å². The van der Waals surface area contributed by atoms with Gasteiger partial charge in [0.25, 0.3) is 0 Å². The van der Waals surface area contributed by atoms with Crippen LogP contribution in [0.5, 0.6) is 5.75 Å². The second-order valence-corrected chi connectivity index (χ2v) is 6.28. The Labute approximate surface area is 127 Å². The maximum atomic E-state index is 6.22. The molecule has 2 aromatic rings. The van der Waals surface area contributed by atoms with E-state index < -0.39 is 0 Å². The highest BCUT2D eigenvalue weighted by Crippen LogP contribution is 2.43. The minimum absolute atomic E-state index is 0.478. The van der Waals surface area contributed by atoms with Gasteiger partial charge < -0.3 is 4.74 Å². The molecule has 0 N–H and O–H groups in total. The van der Waals surface area contributed by atoms with Crippen molar-refractivity contribution in [3.05, 3.63) is 71.0 Å². The molecule has 1 aliphatic carbocycles. The van der Waals surface area contributed by atoms with Crippen LogP contribution in [0.15, 0.2) is 54.3 Å². The lowest BCUT2D eigenvalue weighted by atomic mass is 9.90. The molecule has 0 amide bonds. The van der Waals surface area contributed by atoms with Crippen molar-refractivity contribution in [3.63, 3.8) is 0 Å². The summed E-state index contributed by atoms with van der Waals surface area (Å²) < 4.78 is 7.35. The molecular weight excluding hydrogens is 312 g/mol. The van der Waals surface area contributed by atoms with Gasteiger partial charge in [-0.25, -0.2) is 0 Å². The van der Waals surface area contributed by atoms with Crippen molar-refractivity contribution in [1.29, 1.82) is 0 Å². The monoisotopic (exact) mass is 326 g/mol. The van der Waals surface area contributed by atoms with Crippen molar-refractivity contribution in [2.24, 2.45) is 5.92 Å². The van der Waals surface area contributed by atoms with E-state index in [-0.39, 0.29) is 0 Å². The number of rotatable bonds is 0. The van der Waals surface area contributed by atoms with Gasteiger partial charge in [0.05, 0.1) is 4.48 Å². The third kappa shape index (κ3) is 1.90. The van der Waals surface area contributed by atoms with Crippen LogP contribution in [0.3, 0.4) is 0 Å². The number of aryl methyl sites for hydroxylation is 1. The summed E-state index contributed by atoms with van der Waals surface area (Å²) in [6.07, 6.45) is 3.34. The van der Waals surface area contributed by atoms with Gasteiger partial charge in [-0.15, -0.1) is 0 Å². The lowest BCUT2D eigenvalue weighted by Gasteiger charge is -2.27. The van der Waals surface area contributed by atoms with Crippen LogP contribution in [-0.2, 0) is 12.8 Å². The van der Waals surface area contributed by atoms with Crippen molar-refractivity contribution >= 4 is 20.4 Å². The standard InChI is InChI=1S/C18H15BrO/c19-17-15-7-3-1-5-12(15)9-10-14-11-13-6-2-4-8-16(13)20-18(14)17/h1-8,14H,9-11H2. The maximum absolute atomic E-state index is 6.22. The molecule has 2 aromatic carbocycles. The van der Waals surface area contributed by atoms with Gasteiger partial charge in [0, 0.05) is 5.92 Å². The zero-order valence-corrected chi connectivity index (χ0v) is 12.7. The topological polar surface area (TPSA) is 9.23 Å². The van der Waals surface area contributed by atoms with Crippen molar-refractivity contribution in [2.75, 3.05) is 0 Å². The van der Waals surface area contributed by atoms with Crippen LogP contribution in [0.2, 0.25) is 0 Å². The minimum Gasteiger partial charge on any atom is -0.460 e. The average molecular weight is 327 g/mol. The highest BCUT2D eigenvalue weighted by molar-refractivity contribution is 9.15. The van der Waals surface area contributed by atoms with Crippen LogP contribution in [0.4, 0.5) is 0 Å². The van der Waals surface area contributed by atoms with E-state index in [2.05, 4.69) is 58.4 Å². The third-order valence-electron chi connectivity index (χ3n) is 4.26. The van der Waals surface area contributed by atoms with E-state index in [1.807, 2.05) is 6.07 Å². The molecule has 0 spiro atoms.